The van der Waals surface area contributed by atoms with Crippen molar-refractivity contribution in [3.05, 3.63) is 58.8 Å². The third-order valence-corrected chi connectivity index (χ3v) is 5.94. The van der Waals surface area contributed by atoms with Gasteiger partial charge in [0.2, 0.25) is 0 Å². The molecule has 0 radical (unpaired) electrons. The number of halogens is 1. The summed E-state index contributed by atoms with van der Waals surface area (Å²) in [5, 5.41) is 2.85. The Hall–Kier alpha value is -1.92. The van der Waals surface area contributed by atoms with Crippen molar-refractivity contribution in [1.82, 2.24) is 9.88 Å². The number of carbonyl (C=O) groups is 1. The molecule has 136 valence electrons. The minimum Gasteiger partial charge on any atom is -0.444 e. The summed E-state index contributed by atoms with van der Waals surface area (Å²) in [6.45, 7) is 2.18. The first kappa shape index (κ1) is 17.5. The van der Waals surface area contributed by atoms with Crippen LogP contribution in [0.3, 0.4) is 0 Å². The molecule has 0 saturated carbocycles. The van der Waals surface area contributed by atoms with Gasteiger partial charge in [0.25, 0.3) is 0 Å². The minimum atomic E-state index is -0.370. The predicted octanol–water partition coefficient (Wildman–Crippen LogP) is 4.10. The summed E-state index contributed by atoms with van der Waals surface area (Å²) in [7, 11) is 0. The zero-order chi connectivity index (χ0) is 17.9. The fourth-order valence-corrected chi connectivity index (χ4v) is 4.35. The van der Waals surface area contributed by atoms with Crippen LogP contribution in [0.15, 0.2) is 53.3 Å². The quantitative estimate of drug-likeness (QED) is 0.816. The van der Waals surface area contributed by atoms with Crippen molar-refractivity contribution in [3.63, 3.8) is 0 Å². The minimum absolute atomic E-state index is 0.0684. The second-order valence-electron chi connectivity index (χ2n) is 7.00. The molecular weight excluding hydrogens is 394 g/mol. The summed E-state index contributed by atoms with van der Waals surface area (Å²) in [5.41, 5.74) is 1.98. The molecule has 4 heterocycles. The summed E-state index contributed by atoms with van der Waals surface area (Å²) < 4.78 is 6.90. The highest BCUT2D eigenvalue weighted by Gasteiger charge is 2.44. The van der Waals surface area contributed by atoms with Crippen LogP contribution in [0.1, 0.15) is 18.4 Å². The molecule has 3 saturated heterocycles. The van der Waals surface area contributed by atoms with E-state index in [2.05, 4.69) is 31.1 Å². The van der Waals surface area contributed by atoms with Gasteiger partial charge in [0.05, 0.1) is 6.04 Å². The van der Waals surface area contributed by atoms with E-state index in [1.165, 1.54) is 5.56 Å². The summed E-state index contributed by atoms with van der Waals surface area (Å²) >= 11 is 3.40. The van der Waals surface area contributed by atoms with Crippen LogP contribution < -0.4 is 5.32 Å². The fraction of sp³-hybridized carbons (Fsp3) is 0.400. The molecule has 6 heteroatoms. The zero-order valence-electron chi connectivity index (χ0n) is 14.5. The molecule has 5 rings (SSSR count). The van der Waals surface area contributed by atoms with E-state index in [4.69, 9.17) is 4.74 Å². The monoisotopic (exact) mass is 415 g/mol. The number of hydrogen-bond donors (Lipinski definition) is 1. The number of benzene rings is 1. The molecule has 0 spiro atoms. The van der Waals surface area contributed by atoms with Gasteiger partial charge < -0.3 is 4.74 Å². The number of piperidine rings is 3. The summed E-state index contributed by atoms with van der Waals surface area (Å²) in [5.74, 6) is 0.447. The molecule has 26 heavy (non-hydrogen) atoms. The Balaban J connectivity index is 1.45. The van der Waals surface area contributed by atoms with Crippen molar-refractivity contribution in [2.75, 3.05) is 18.4 Å². The molecule has 2 aromatic rings. The van der Waals surface area contributed by atoms with Gasteiger partial charge in [-0.15, -0.1) is 0 Å². The number of ether oxygens (including phenoxy) is 1. The Bertz CT molecular complexity index is 745. The maximum absolute atomic E-state index is 12.5. The van der Waals surface area contributed by atoms with Crippen LogP contribution in [-0.4, -0.2) is 41.2 Å². The van der Waals surface area contributed by atoms with Crippen LogP contribution >= 0.6 is 15.9 Å². The number of pyridine rings is 1. The van der Waals surface area contributed by atoms with Crippen LogP contribution in [-0.2, 0) is 11.2 Å². The highest BCUT2D eigenvalue weighted by molar-refractivity contribution is 9.10. The molecule has 5 nitrogen and oxygen atoms in total. The zero-order valence-corrected chi connectivity index (χ0v) is 16.1. The number of fused-ring (bicyclic) bond motifs is 3. The van der Waals surface area contributed by atoms with Crippen LogP contribution in [0.25, 0.3) is 0 Å². The highest BCUT2D eigenvalue weighted by atomic mass is 79.9. The van der Waals surface area contributed by atoms with Gasteiger partial charge in [-0.2, -0.15) is 0 Å². The van der Waals surface area contributed by atoms with Gasteiger partial charge in [-0.25, -0.2) is 4.79 Å². The van der Waals surface area contributed by atoms with Gasteiger partial charge in [-0.3, -0.25) is 15.2 Å². The number of carbonyl (C=O) groups excluding carboxylic acids is 1. The average molecular weight is 416 g/mol. The van der Waals surface area contributed by atoms with Crippen molar-refractivity contribution < 1.29 is 9.53 Å². The summed E-state index contributed by atoms with van der Waals surface area (Å²) in [6, 6.07) is 11.8. The van der Waals surface area contributed by atoms with Crippen LogP contribution in [0.4, 0.5) is 10.5 Å². The molecule has 1 amide bonds. The normalized spacial score (nSPS) is 27.1. The van der Waals surface area contributed by atoms with E-state index in [0.717, 1.165) is 42.5 Å². The lowest BCUT2D eigenvalue weighted by Crippen LogP contribution is -2.60. The van der Waals surface area contributed by atoms with Gasteiger partial charge in [-0.05, 0) is 74.3 Å². The lowest BCUT2D eigenvalue weighted by atomic mass is 9.78. The van der Waals surface area contributed by atoms with E-state index in [1.54, 1.807) is 0 Å². The third kappa shape index (κ3) is 3.91. The van der Waals surface area contributed by atoms with Gasteiger partial charge in [0.1, 0.15) is 6.10 Å². The molecule has 3 fully saturated rings. The second kappa shape index (κ2) is 7.76. The Morgan fingerprint density at radius 2 is 1.85 bits per heavy atom. The van der Waals surface area contributed by atoms with Gasteiger partial charge in [0, 0.05) is 28.5 Å². The number of amides is 1. The third-order valence-electron chi connectivity index (χ3n) is 5.42. The molecule has 1 N–H and O–H groups in total. The standard InChI is InChI=1S/C20H22BrN3O2/c21-16-1-3-17(4-2-16)23-20(25)26-19-15-7-11-24(12-8-15)18(19)13-14-5-9-22-10-6-14/h1-6,9-10,15,18-19H,7-8,11-13H2,(H,23,25). The topological polar surface area (TPSA) is 54.5 Å². The fourth-order valence-electron chi connectivity index (χ4n) is 4.09. The Morgan fingerprint density at radius 1 is 1.15 bits per heavy atom. The van der Waals surface area contributed by atoms with Crippen LogP contribution in [0.5, 0.6) is 0 Å². The van der Waals surface area contributed by atoms with E-state index in [-0.39, 0.29) is 18.2 Å². The number of anilines is 1. The predicted molar refractivity (Wildman–Crippen MR) is 104 cm³/mol. The van der Waals surface area contributed by atoms with Gasteiger partial charge >= 0.3 is 6.09 Å². The van der Waals surface area contributed by atoms with Crippen molar-refractivity contribution in [3.8, 4) is 0 Å². The maximum Gasteiger partial charge on any atom is 0.411 e. The summed E-state index contributed by atoms with van der Waals surface area (Å²) in [6.07, 6.45) is 6.29. The lowest BCUT2D eigenvalue weighted by molar-refractivity contribution is -0.0741. The largest absolute Gasteiger partial charge is 0.444 e. The van der Waals surface area contributed by atoms with E-state index >= 15 is 0 Å². The first-order valence-corrected chi connectivity index (χ1v) is 9.84. The molecule has 1 aromatic heterocycles. The molecule has 3 aliphatic heterocycles. The molecule has 2 atom stereocenters. The molecular formula is C20H22BrN3O2. The molecule has 3 aliphatic rings. The number of nitrogens with one attached hydrogen (secondary N) is 1. The van der Waals surface area contributed by atoms with E-state index in [1.807, 2.05) is 48.8 Å². The van der Waals surface area contributed by atoms with Crippen molar-refractivity contribution in [1.29, 1.82) is 0 Å². The van der Waals surface area contributed by atoms with E-state index in [0.29, 0.717) is 5.92 Å². The van der Waals surface area contributed by atoms with Crippen molar-refractivity contribution >= 4 is 27.7 Å². The Kier molecular flexibility index (Phi) is 5.22. The maximum atomic E-state index is 12.5. The lowest BCUT2D eigenvalue weighted by Gasteiger charge is -2.50. The number of aromatic nitrogens is 1. The smallest absolute Gasteiger partial charge is 0.411 e. The number of hydrogen-bond acceptors (Lipinski definition) is 4. The van der Waals surface area contributed by atoms with E-state index < -0.39 is 0 Å². The first-order chi connectivity index (χ1) is 12.7. The molecule has 0 aliphatic carbocycles. The Labute approximate surface area is 161 Å². The first-order valence-electron chi connectivity index (χ1n) is 9.05. The van der Waals surface area contributed by atoms with Crippen LogP contribution in [0, 0.1) is 5.92 Å². The summed E-state index contributed by atoms with van der Waals surface area (Å²) in [4.78, 5) is 19.0. The second-order valence-corrected chi connectivity index (χ2v) is 7.92. The van der Waals surface area contributed by atoms with Crippen LogP contribution in [0.2, 0.25) is 0 Å². The van der Waals surface area contributed by atoms with Gasteiger partial charge in [0.15, 0.2) is 0 Å². The molecule has 1 aromatic carbocycles. The number of rotatable bonds is 4. The van der Waals surface area contributed by atoms with Gasteiger partial charge in [-0.1, -0.05) is 15.9 Å². The molecule has 2 bridgehead atoms. The molecule has 2 unspecified atom stereocenters. The van der Waals surface area contributed by atoms with E-state index in [9.17, 15) is 4.79 Å². The van der Waals surface area contributed by atoms with Crippen molar-refractivity contribution in [2.45, 2.75) is 31.4 Å². The Morgan fingerprint density at radius 3 is 2.54 bits per heavy atom. The average Bonchev–Trinajstić information content (AvgIpc) is 2.67. The highest BCUT2D eigenvalue weighted by Crippen LogP contribution is 2.36. The number of nitrogens with zero attached hydrogens (tertiary/aromatic N) is 2. The van der Waals surface area contributed by atoms with Crippen molar-refractivity contribution in [2.24, 2.45) is 5.92 Å². The SMILES string of the molecule is O=C(Nc1ccc(Br)cc1)OC1C2CCN(CC2)C1Cc1ccncc1.